The van der Waals surface area contributed by atoms with Crippen LogP contribution in [0, 0.1) is 11.3 Å². The van der Waals surface area contributed by atoms with Crippen molar-refractivity contribution in [3.8, 4) is 11.8 Å². The van der Waals surface area contributed by atoms with Gasteiger partial charge in [0.2, 0.25) is 0 Å². The van der Waals surface area contributed by atoms with Gasteiger partial charge in [-0.25, -0.2) is 0 Å². The fourth-order valence-corrected chi connectivity index (χ4v) is 1.93. The van der Waals surface area contributed by atoms with Gasteiger partial charge in [0.1, 0.15) is 5.75 Å². The number of nitriles is 1. The Morgan fingerprint density at radius 1 is 1.23 bits per heavy atom. The summed E-state index contributed by atoms with van der Waals surface area (Å²) in [6.45, 7) is 2.09. The van der Waals surface area contributed by atoms with Gasteiger partial charge in [0.05, 0.1) is 11.6 Å². The first-order valence-electron chi connectivity index (χ1n) is 6.77. The SMILES string of the molecule is CC(Oc1ccc(C#N)cc1)C(=O)NCc1ccc(Cl)cc1. The smallest absolute Gasteiger partial charge is 0.261 e. The van der Waals surface area contributed by atoms with E-state index in [2.05, 4.69) is 5.32 Å². The summed E-state index contributed by atoms with van der Waals surface area (Å²) >= 11 is 5.81. The normalized spacial score (nSPS) is 11.3. The zero-order chi connectivity index (χ0) is 15.9. The molecule has 0 aliphatic heterocycles. The number of ether oxygens (including phenoxy) is 1. The molecule has 0 fully saturated rings. The Hall–Kier alpha value is -2.51. The number of hydrogen-bond donors (Lipinski definition) is 1. The van der Waals surface area contributed by atoms with Crippen LogP contribution in [0.1, 0.15) is 18.1 Å². The van der Waals surface area contributed by atoms with E-state index in [1.54, 1.807) is 43.3 Å². The Morgan fingerprint density at radius 2 is 1.86 bits per heavy atom. The molecule has 5 heteroatoms. The predicted molar refractivity (Wildman–Crippen MR) is 84.5 cm³/mol. The van der Waals surface area contributed by atoms with Crippen LogP contribution < -0.4 is 10.1 Å². The van der Waals surface area contributed by atoms with Crippen LogP contribution in [0.15, 0.2) is 48.5 Å². The highest BCUT2D eigenvalue weighted by Crippen LogP contribution is 2.14. The van der Waals surface area contributed by atoms with Crippen LogP contribution in [-0.4, -0.2) is 12.0 Å². The first-order valence-corrected chi connectivity index (χ1v) is 7.15. The standard InChI is InChI=1S/C17H15ClN2O2/c1-12(22-16-8-4-13(10-19)5-9-16)17(21)20-11-14-2-6-15(18)7-3-14/h2-9,12H,11H2,1H3,(H,20,21). The van der Waals surface area contributed by atoms with Crippen LogP contribution in [0.2, 0.25) is 5.02 Å². The molecular weight excluding hydrogens is 300 g/mol. The summed E-state index contributed by atoms with van der Waals surface area (Å²) in [6, 6.07) is 15.9. The molecule has 0 aromatic heterocycles. The number of benzene rings is 2. The molecule has 0 heterocycles. The van der Waals surface area contributed by atoms with E-state index < -0.39 is 6.10 Å². The lowest BCUT2D eigenvalue weighted by molar-refractivity contribution is -0.127. The second-order valence-corrected chi connectivity index (χ2v) is 5.18. The quantitative estimate of drug-likeness (QED) is 0.921. The maximum absolute atomic E-state index is 12.0. The molecule has 22 heavy (non-hydrogen) atoms. The minimum atomic E-state index is -0.625. The van der Waals surface area contributed by atoms with Gasteiger partial charge in [-0.3, -0.25) is 4.79 Å². The average Bonchev–Trinajstić information content (AvgIpc) is 2.54. The van der Waals surface area contributed by atoms with Gasteiger partial charge < -0.3 is 10.1 Å². The molecule has 112 valence electrons. The van der Waals surface area contributed by atoms with Crippen molar-refractivity contribution in [3.63, 3.8) is 0 Å². The van der Waals surface area contributed by atoms with Crippen LogP contribution in [0.25, 0.3) is 0 Å². The van der Waals surface area contributed by atoms with Crippen molar-refractivity contribution < 1.29 is 9.53 Å². The maximum atomic E-state index is 12.0. The Kier molecular flexibility index (Phi) is 5.40. The maximum Gasteiger partial charge on any atom is 0.261 e. The Bertz CT molecular complexity index is 675. The van der Waals surface area contributed by atoms with E-state index in [4.69, 9.17) is 21.6 Å². The minimum absolute atomic E-state index is 0.209. The van der Waals surface area contributed by atoms with Gasteiger partial charge in [0, 0.05) is 11.6 Å². The molecule has 2 rings (SSSR count). The molecule has 2 aromatic rings. The first kappa shape index (κ1) is 15.9. The first-order chi connectivity index (χ1) is 10.6. The van der Waals surface area contributed by atoms with Gasteiger partial charge in [-0.05, 0) is 48.9 Å². The molecule has 2 aromatic carbocycles. The van der Waals surface area contributed by atoms with Crippen molar-refractivity contribution in [2.24, 2.45) is 0 Å². The van der Waals surface area contributed by atoms with Crippen molar-refractivity contribution in [1.29, 1.82) is 5.26 Å². The fourth-order valence-electron chi connectivity index (χ4n) is 1.80. The number of amides is 1. The lowest BCUT2D eigenvalue weighted by Crippen LogP contribution is -2.35. The fraction of sp³-hybridized carbons (Fsp3) is 0.176. The van der Waals surface area contributed by atoms with Gasteiger partial charge in [0.15, 0.2) is 6.10 Å². The van der Waals surface area contributed by atoms with Gasteiger partial charge in [-0.2, -0.15) is 5.26 Å². The largest absolute Gasteiger partial charge is 0.481 e. The minimum Gasteiger partial charge on any atom is -0.481 e. The van der Waals surface area contributed by atoms with Gasteiger partial charge in [-0.15, -0.1) is 0 Å². The summed E-state index contributed by atoms with van der Waals surface area (Å²) < 4.78 is 5.54. The van der Waals surface area contributed by atoms with Crippen molar-refractivity contribution in [2.45, 2.75) is 19.6 Å². The number of hydrogen-bond acceptors (Lipinski definition) is 3. The summed E-state index contributed by atoms with van der Waals surface area (Å²) in [4.78, 5) is 12.0. The third-order valence-electron chi connectivity index (χ3n) is 3.05. The average molecular weight is 315 g/mol. The van der Waals surface area contributed by atoms with Crippen LogP contribution in [0.4, 0.5) is 0 Å². The number of nitrogens with one attached hydrogen (secondary N) is 1. The molecule has 0 spiro atoms. The second-order valence-electron chi connectivity index (χ2n) is 4.74. The van der Waals surface area contributed by atoms with E-state index in [0.717, 1.165) is 5.56 Å². The Morgan fingerprint density at radius 3 is 2.45 bits per heavy atom. The van der Waals surface area contributed by atoms with Gasteiger partial charge in [0.25, 0.3) is 5.91 Å². The summed E-state index contributed by atoms with van der Waals surface area (Å²) in [5, 5.41) is 12.2. The Balaban J connectivity index is 1.86. The monoisotopic (exact) mass is 314 g/mol. The summed E-state index contributed by atoms with van der Waals surface area (Å²) in [5.41, 5.74) is 1.51. The molecule has 1 amide bonds. The molecule has 4 nitrogen and oxygen atoms in total. The molecule has 1 atom stereocenters. The van der Waals surface area contributed by atoms with E-state index in [0.29, 0.717) is 22.9 Å². The Labute approximate surface area is 134 Å². The van der Waals surface area contributed by atoms with E-state index in [9.17, 15) is 4.79 Å². The molecule has 1 unspecified atom stereocenters. The number of carbonyl (C=O) groups excluding carboxylic acids is 1. The van der Waals surface area contributed by atoms with E-state index in [1.807, 2.05) is 18.2 Å². The molecule has 0 radical (unpaired) electrons. The third kappa shape index (κ3) is 4.51. The molecule has 0 bridgehead atoms. The van der Waals surface area contributed by atoms with E-state index in [-0.39, 0.29) is 5.91 Å². The number of nitrogens with zero attached hydrogens (tertiary/aromatic N) is 1. The predicted octanol–water partition coefficient (Wildman–Crippen LogP) is 3.30. The summed E-state index contributed by atoms with van der Waals surface area (Å²) in [7, 11) is 0. The zero-order valence-electron chi connectivity index (χ0n) is 12.0. The van der Waals surface area contributed by atoms with Crippen molar-refractivity contribution in [1.82, 2.24) is 5.32 Å². The van der Waals surface area contributed by atoms with Crippen molar-refractivity contribution in [2.75, 3.05) is 0 Å². The highest BCUT2D eigenvalue weighted by molar-refractivity contribution is 6.30. The van der Waals surface area contributed by atoms with Crippen molar-refractivity contribution in [3.05, 3.63) is 64.7 Å². The molecule has 0 aliphatic rings. The molecule has 0 aliphatic carbocycles. The topological polar surface area (TPSA) is 62.1 Å². The number of rotatable bonds is 5. The highest BCUT2D eigenvalue weighted by atomic mass is 35.5. The lowest BCUT2D eigenvalue weighted by atomic mass is 10.2. The van der Waals surface area contributed by atoms with Crippen LogP contribution in [0.5, 0.6) is 5.75 Å². The van der Waals surface area contributed by atoms with Crippen molar-refractivity contribution >= 4 is 17.5 Å². The highest BCUT2D eigenvalue weighted by Gasteiger charge is 2.14. The van der Waals surface area contributed by atoms with Gasteiger partial charge >= 0.3 is 0 Å². The lowest BCUT2D eigenvalue weighted by Gasteiger charge is -2.14. The zero-order valence-corrected chi connectivity index (χ0v) is 12.8. The molecule has 0 saturated carbocycles. The van der Waals surface area contributed by atoms with Gasteiger partial charge in [-0.1, -0.05) is 23.7 Å². The summed E-state index contributed by atoms with van der Waals surface area (Å²) in [6.07, 6.45) is -0.625. The summed E-state index contributed by atoms with van der Waals surface area (Å²) in [5.74, 6) is 0.340. The van der Waals surface area contributed by atoms with E-state index in [1.165, 1.54) is 0 Å². The van der Waals surface area contributed by atoms with Crippen LogP contribution in [-0.2, 0) is 11.3 Å². The van der Waals surface area contributed by atoms with Crippen LogP contribution >= 0.6 is 11.6 Å². The molecule has 1 N–H and O–H groups in total. The van der Waals surface area contributed by atoms with E-state index >= 15 is 0 Å². The van der Waals surface area contributed by atoms with Crippen LogP contribution in [0.3, 0.4) is 0 Å². The number of carbonyl (C=O) groups is 1. The molecule has 0 saturated heterocycles. The number of halogens is 1. The molecular formula is C17H15ClN2O2. The second kappa shape index (κ2) is 7.48. The third-order valence-corrected chi connectivity index (χ3v) is 3.30.